The highest BCUT2D eigenvalue weighted by Gasteiger charge is 2.36. The number of carbonyl (C=O) groups is 3. The van der Waals surface area contributed by atoms with Gasteiger partial charge < -0.3 is 14.2 Å². The van der Waals surface area contributed by atoms with Crippen molar-refractivity contribution in [2.45, 2.75) is 6.92 Å². The molecule has 1 saturated heterocycles. The molecule has 0 aliphatic carbocycles. The molecule has 3 rings (SSSR count). The smallest absolute Gasteiger partial charge is 0.343 e. The van der Waals surface area contributed by atoms with Crippen molar-refractivity contribution in [2.75, 3.05) is 25.2 Å². The molecule has 1 heterocycles. The first kappa shape index (κ1) is 23.2. The number of methoxy groups -OCH3 is 1. The second kappa shape index (κ2) is 10.2. The minimum absolute atomic E-state index is 0.262. The predicted octanol–water partition coefficient (Wildman–Crippen LogP) is 5.29. The largest absolute Gasteiger partial charge is 0.490 e. The Hall–Kier alpha value is -2.49. The number of carbonyl (C=O) groups excluding carboxylic acids is 3. The Bertz CT molecular complexity index is 1060. The van der Waals surface area contributed by atoms with Crippen LogP contribution in [-0.4, -0.2) is 37.4 Å². The number of thioether (sulfide) groups is 1. The molecular weight excluding hydrogens is 510 g/mol. The summed E-state index contributed by atoms with van der Waals surface area (Å²) in [6.45, 7) is 1.88. The van der Waals surface area contributed by atoms with Crippen LogP contribution in [0.3, 0.4) is 0 Å². The molecule has 2 aromatic carbocycles. The van der Waals surface area contributed by atoms with Crippen LogP contribution in [-0.2, 0) is 14.3 Å². The summed E-state index contributed by atoms with van der Waals surface area (Å²) in [4.78, 5) is 38.0. The van der Waals surface area contributed by atoms with E-state index in [2.05, 4.69) is 20.7 Å². The van der Waals surface area contributed by atoms with Crippen LogP contribution in [0.25, 0.3) is 6.08 Å². The first-order chi connectivity index (χ1) is 14.8. The quantitative estimate of drug-likeness (QED) is 0.358. The lowest BCUT2D eigenvalue weighted by atomic mass is 10.1. The minimum atomic E-state index is -0.533. The Morgan fingerprint density at radius 2 is 1.90 bits per heavy atom. The number of anilines is 1. The maximum absolute atomic E-state index is 12.8. The van der Waals surface area contributed by atoms with Crippen molar-refractivity contribution in [3.8, 4) is 11.5 Å². The van der Waals surface area contributed by atoms with Crippen molar-refractivity contribution < 1.29 is 28.6 Å². The van der Waals surface area contributed by atoms with Gasteiger partial charge in [-0.2, -0.15) is 0 Å². The molecule has 0 atom stereocenters. The number of benzene rings is 2. The molecule has 2 aromatic rings. The van der Waals surface area contributed by atoms with E-state index in [0.29, 0.717) is 38.9 Å². The normalized spacial score (nSPS) is 14.8. The maximum atomic E-state index is 12.8. The van der Waals surface area contributed by atoms with Gasteiger partial charge >= 0.3 is 5.97 Å². The first-order valence-corrected chi connectivity index (χ1v) is 11.0. The Balaban J connectivity index is 1.90. The van der Waals surface area contributed by atoms with E-state index in [1.165, 1.54) is 7.11 Å². The number of amides is 2. The monoisotopic (exact) mass is 525 g/mol. The van der Waals surface area contributed by atoms with E-state index in [0.717, 1.165) is 16.7 Å². The number of hydrogen-bond acceptors (Lipinski definition) is 7. The van der Waals surface area contributed by atoms with E-state index in [4.69, 9.17) is 21.1 Å². The first-order valence-electron chi connectivity index (χ1n) is 9.03. The van der Waals surface area contributed by atoms with Gasteiger partial charge in [0, 0.05) is 5.02 Å². The molecule has 1 aliphatic heterocycles. The van der Waals surface area contributed by atoms with Gasteiger partial charge in [-0.3, -0.25) is 9.59 Å². The van der Waals surface area contributed by atoms with E-state index < -0.39 is 17.1 Å². The number of halogens is 2. The zero-order valence-corrected chi connectivity index (χ0v) is 19.7. The molecule has 0 spiro atoms. The molecule has 1 aliphatic rings. The van der Waals surface area contributed by atoms with Gasteiger partial charge in [-0.25, -0.2) is 9.69 Å². The molecule has 0 bridgehead atoms. The van der Waals surface area contributed by atoms with Gasteiger partial charge in [-0.1, -0.05) is 11.6 Å². The molecule has 0 radical (unpaired) electrons. The molecule has 0 unspecified atom stereocenters. The fraction of sp³-hybridized carbons (Fsp3) is 0.190. The molecule has 2 amide bonds. The van der Waals surface area contributed by atoms with Crippen LogP contribution >= 0.6 is 39.3 Å². The van der Waals surface area contributed by atoms with Crippen LogP contribution in [0, 0.1) is 0 Å². The van der Waals surface area contributed by atoms with Gasteiger partial charge in [-0.05, 0) is 82.7 Å². The Labute approximate surface area is 196 Å². The summed E-state index contributed by atoms with van der Waals surface area (Å²) in [6, 6.07) is 9.81. The lowest BCUT2D eigenvalue weighted by Gasteiger charge is -2.14. The topological polar surface area (TPSA) is 82.1 Å². The van der Waals surface area contributed by atoms with E-state index in [9.17, 15) is 14.4 Å². The van der Waals surface area contributed by atoms with Crippen molar-refractivity contribution >= 4 is 68.2 Å². The molecule has 10 heteroatoms. The predicted molar refractivity (Wildman–Crippen MR) is 123 cm³/mol. The van der Waals surface area contributed by atoms with Crippen LogP contribution < -0.4 is 14.4 Å². The van der Waals surface area contributed by atoms with Crippen LogP contribution in [0.2, 0.25) is 5.02 Å². The third kappa shape index (κ3) is 5.41. The van der Waals surface area contributed by atoms with Crippen molar-refractivity contribution in [3.05, 3.63) is 56.4 Å². The number of imide groups is 1. The average Bonchev–Trinajstić information content (AvgIpc) is 3.01. The third-order valence-electron chi connectivity index (χ3n) is 4.07. The molecule has 0 saturated carbocycles. The summed E-state index contributed by atoms with van der Waals surface area (Å²) >= 11 is 10.1. The Morgan fingerprint density at radius 3 is 2.55 bits per heavy atom. The molecule has 0 N–H and O–H groups in total. The van der Waals surface area contributed by atoms with E-state index in [1.807, 2.05) is 6.92 Å². The van der Waals surface area contributed by atoms with Crippen molar-refractivity contribution in [1.82, 2.24) is 0 Å². The van der Waals surface area contributed by atoms with Gasteiger partial charge in [0.05, 0.1) is 28.8 Å². The molecule has 162 valence electrons. The van der Waals surface area contributed by atoms with Crippen LogP contribution in [0.5, 0.6) is 11.5 Å². The van der Waals surface area contributed by atoms with Crippen molar-refractivity contribution in [1.29, 1.82) is 0 Å². The molecule has 7 nitrogen and oxygen atoms in total. The highest BCUT2D eigenvalue weighted by molar-refractivity contribution is 9.10. The fourth-order valence-corrected chi connectivity index (χ4v) is 4.24. The van der Waals surface area contributed by atoms with Gasteiger partial charge in [0.15, 0.2) is 18.1 Å². The Morgan fingerprint density at radius 1 is 1.19 bits per heavy atom. The number of hydrogen-bond donors (Lipinski definition) is 0. The molecule has 0 aromatic heterocycles. The van der Waals surface area contributed by atoms with Crippen LogP contribution in [0.1, 0.15) is 12.5 Å². The van der Waals surface area contributed by atoms with Crippen LogP contribution in [0.4, 0.5) is 10.5 Å². The summed E-state index contributed by atoms with van der Waals surface area (Å²) in [5, 5.41) is 0.106. The van der Waals surface area contributed by atoms with E-state index in [1.54, 1.807) is 42.5 Å². The standard InChI is InChI=1S/C21H17BrClNO6S/c1-3-29-16-9-12(8-15(22)19(16)30-11-18(25)28-2)10-17-20(26)24(21(27)31-17)14-6-4-13(23)5-7-14/h4-10H,3,11H2,1-2H3/b17-10+. The number of esters is 1. The van der Waals surface area contributed by atoms with E-state index in [-0.39, 0.29) is 11.5 Å². The number of ether oxygens (including phenoxy) is 3. The van der Waals surface area contributed by atoms with Gasteiger partial charge in [0.25, 0.3) is 11.1 Å². The summed E-state index contributed by atoms with van der Waals surface area (Å²) in [6.07, 6.45) is 1.60. The second-order valence-electron chi connectivity index (χ2n) is 6.12. The number of rotatable bonds is 7. The lowest BCUT2D eigenvalue weighted by Crippen LogP contribution is -2.27. The second-order valence-corrected chi connectivity index (χ2v) is 8.41. The molecule has 31 heavy (non-hydrogen) atoms. The van der Waals surface area contributed by atoms with Crippen molar-refractivity contribution in [3.63, 3.8) is 0 Å². The third-order valence-corrected chi connectivity index (χ3v) is 5.78. The summed E-state index contributed by atoms with van der Waals surface area (Å²) in [5.74, 6) is -0.255. The fourth-order valence-electron chi connectivity index (χ4n) is 2.70. The number of nitrogens with zero attached hydrogens (tertiary/aromatic N) is 1. The van der Waals surface area contributed by atoms with Gasteiger partial charge in [0.1, 0.15) is 0 Å². The van der Waals surface area contributed by atoms with E-state index >= 15 is 0 Å². The van der Waals surface area contributed by atoms with Gasteiger partial charge in [0.2, 0.25) is 0 Å². The lowest BCUT2D eigenvalue weighted by molar-refractivity contribution is -0.142. The van der Waals surface area contributed by atoms with Gasteiger partial charge in [-0.15, -0.1) is 0 Å². The zero-order valence-electron chi connectivity index (χ0n) is 16.5. The molecule has 1 fully saturated rings. The summed E-state index contributed by atoms with van der Waals surface area (Å²) < 4.78 is 16.2. The summed E-state index contributed by atoms with van der Waals surface area (Å²) in [7, 11) is 1.27. The van der Waals surface area contributed by atoms with Crippen LogP contribution in [0.15, 0.2) is 45.8 Å². The van der Waals surface area contributed by atoms with Crippen molar-refractivity contribution in [2.24, 2.45) is 0 Å². The average molecular weight is 527 g/mol. The highest BCUT2D eigenvalue weighted by atomic mass is 79.9. The molecular formula is C21H17BrClNO6S. The zero-order chi connectivity index (χ0) is 22.5. The minimum Gasteiger partial charge on any atom is -0.490 e. The Kier molecular flexibility index (Phi) is 7.64. The summed E-state index contributed by atoms with van der Waals surface area (Å²) in [5.41, 5.74) is 1.06. The maximum Gasteiger partial charge on any atom is 0.343 e. The highest BCUT2D eigenvalue weighted by Crippen LogP contribution is 2.40. The SMILES string of the molecule is CCOc1cc(/C=C2/SC(=O)N(c3ccc(Cl)cc3)C2=O)cc(Br)c1OCC(=O)OC.